The van der Waals surface area contributed by atoms with Crippen LogP contribution in [0.5, 0.6) is 5.75 Å². The van der Waals surface area contributed by atoms with Crippen molar-refractivity contribution in [3.05, 3.63) is 58.6 Å². The van der Waals surface area contributed by atoms with Crippen molar-refractivity contribution < 1.29 is 31.8 Å². The Kier molecular flexibility index (Phi) is 5.31. The third-order valence-electron chi connectivity index (χ3n) is 5.76. The summed E-state index contributed by atoms with van der Waals surface area (Å²) >= 11 is 5.90. The minimum Gasteiger partial charge on any atom is -0.490 e. The van der Waals surface area contributed by atoms with Gasteiger partial charge in [-0.2, -0.15) is 0 Å². The Morgan fingerprint density at radius 1 is 1.14 bits per heavy atom. The number of halogens is 3. The molecule has 0 aliphatic carbocycles. The quantitative estimate of drug-likeness (QED) is 0.781. The molecule has 0 amide bonds. The number of aliphatic hydroxyl groups is 1. The lowest BCUT2D eigenvalue weighted by molar-refractivity contribution is -0.0806. The van der Waals surface area contributed by atoms with Crippen molar-refractivity contribution in [2.24, 2.45) is 5.92 Å². The fourth-order valence-electron chi connectivity index (χ4n) is 4.46. The molecule has 1 unspecified atom stereocenters. The van der Waals surface area contributed by atoms with Crippen molar-refractivity contribution in [3.63, 3.8) is 0 Å². The molecule has 0 radical (unpaired) electrons. The van der Waals surface area contributed by atoms with Gasteiger partial charge in [0.25, 0.3) is 0 Å². The summed E-state index contributed by atoms with van der Waals surface area (Å²) in [6.07, 6.45) is -0.605. The summed E-state index contributed by atoms with van der Waals surface area (Å²) in [6, 6.07) is 7.41. The second-order valence-corrected chi connectivity index (χ2v) is 9.81. The number of hydrogen-bond acceptors (Lipinski definition) is 5. The number of rotatable bonds is 4. The van der Waals surface area contributed by atoms with E-state index in [4.69, 9.17) is 21.1 Å². The summed E-state index contributed by atoms with van der Waals surface area (Å²) in [5, 5.41) is 9.77. The van der Waals surface area contributed by atoms with Crippen LogP contribution in [0.3, 0.4) is 0 Å². The van der Waals surface area contributed by atoms with Crippen molar-refractivity contribution in [3.8, 4) is 5.75 Å². The maximum atomic E-state index is 15.1. The minimum absolute atomic E-state index is 0.0172. The van der Waals surface area contributed by atoms with Gasteiger partial charge in [0.1, 0.15) is 10.6 Å². The Labute approximate surface area is 172 Å². The van der Waals surface area contributed by atoms with Crippen LogP contribution in [0, 0.1) is 17.6 Å². The lowest BCUT2D eigenvalue weighted by Gasteiger charge is -2.50. The molecule has 1 N–H and O–H groups in total. The van der Waals surface area contributed by atoms with E-state index in [2.05, 4.69) is 0 Å². The molecule has 0 aromatic heterocycles. The van der Waals surface area contributed by atoms with E-state index in [1.807, 2.05) is 0 Å². The molecule has 0 bridgehead atoms. The standard InChI is InChI=1S/C20H19ClF2O5S/c21-12-1-3-13(4-2-12)29(25,26)20-8-10-27-17(7-9-24)14(20)11-28-19-16(23)6-5-15(22)18(19)20/h1-6,14,17,24H,7-11H2/t14?,17-,20-/m0/s1. The van der Waals surface area contributed by atoms with Gasteiger partial charge in [0, 0.05) is 24.2 Å². The van der Waals surface area contributed by atoms with Crippen molar-refractivity contribution >= 4 is 21.4 Å². The molecule has 3 atom stereocenters. The first-order chi connectivity index (χ1) is 13.8. The van der Waals surface area contributed by atoms with Gasteiger partial charge >= 0.3 is 0 Å². The van der Waals surface area contributed by atoms with Crippen molar-refractivity contribution in [1.29, 1.82) is 0 Å². The zero-order valence-electron chi connectivity index (χ0n) is 15.3. The highest BCUT2D eigenvalue weighted by molar-refractivity contribution is 7.92. The van der Waals surface area contributed by atoms with Gasteiger partial charge in [-0.15, -0.1) is 0 Å². The number of ether oxygens (including phenoxy) is 2. The third kappa shape index (κ3) is 3.04. The summed E-state index contributed by atoms with van der Waals surface area (Å²) in [4.78, 5) is -0.0481. The van der Waals surface area contributed by atoms with Crippen LogP contribution in [-0.2, 0) is 19.3 Å². The molecule has 2 heterocycles. The van der Waals surface area contributed by atoms with Gasteiger partial charge in [0.15, 0.2) is 21.4 Å². The van der Waals surface area contributed by atoms with E-state index in [9.17, 15) is 17.9 Å². The predicted molar refractivity (Wildman–Crippen MR) is 102 cm³/mol. The van der Waals surface area contributed by atoms with Gasteiger partial charge in [0.2, 0.25) is 0 Å². The van der Waals surface area contributed by atoms with Crippen LogP contribution < -0.4 is 4.74 Å². The number of sulfone groups is 1. The number of benzene rings is 2. The van der Waals surface area contributed by atoms with Crippen LogP contribution in [0.1, 0.15) is 18.4 Å². The van der Waals surface area contributed by atoms with E-state index < -0.39 is 38.2 Å². The van der Waals surface area contributed by atoms with Crippen LogP contribution in [-0.4, -0.2) is 39.4 Å². The highest BCUT2D eigenvalue weighted by atomic mass is 35.5. The van der Waals surface area contributed by atoms with E-state index >= 15 is 4.39 Å². The number of aliphatic hydroxyl groups excluding tert-OH is 1. The molecule has 2 aromatic rings. The fraction of sp³-hybridized carbons (Fsp3) is 0.400. The van der Waals surface area contributed by atoms with E-state index in [1.54, 1.807) is 0 Å². The maximum Gasteiger partial charge on any atom is 0.189 e. The van der Waals surface area contributed by atoms with E-state index in [1.165, 1.54) is 24.3 Å². The van der Waals surface area contributed by atoms with E-state index in [0.717, 1.165) is 12.1 Å². The molecule has 1 fully saturated rings. The second-order valence-electron chi connectivity index (χ2n) is 7.17. The Morgan fingerprint density at radius 2 is 1.83 bits per heavy atom. The molecule has 0 saturated carbocycles. The summed E-state index contributed by atoms with van der Waals surface area (Å²) < 4.78 is 66.8. The van der Waals surface area contributed by atoms with Gasteiger partial charge in [-0.1, -0.05) is 11.6 Å². The maximum absolute atomic E-state index is 15.1. The van der Waals surface area contributed by atoms with Crippen LogP contribution in [0.15, 0.2) is 41.3 Å². The van der Waals surface area contributed by atoms with Crippen LogP contribution in [0.25, 0.3) is 0 Å². The van der Waals surface area contributed by atoms with Crippen molar-refractivity contribution in [2.75, 3.05) is 19.8 Å². The van der Waals surface area contributed by atoms with Crippen LogP contribution in [0.4, 0.5) is 8.78 Å². The van der Waals surface area contributed by atoms with Gasteiger partial charge in [-0.05, 0) is 49.2 Å². The normalized spacial score (nSPS) is 26.3. The Balaban J connectivity index is 2.01. The first-order valence-corrected chi connectivity index (χ1v) is 11.0. The molecule has 2 aliphatic heterocycles. The van der Waals surface area contributed by atoms with E-state index in [0.29, 0.717) is 5.02 Å². The highest BCUT2D eigenvalue weighted by Gasteiger charge is 2.61. The minimum atomic E-state index is -4.21. The Bertz CT molecular complexity index is 1030. The summed E-state index contributed by atoms with van der Waals surface area (Å²) in [7, 11) is -4.21. The van der Waals surface area contributed by atoms with Crippen molar-refractivity contribution in [1.82, 2.24) is 0 Å². The smallest absolute Gasteiger partial charge is 0.189 e. The van der Waals surface area contributed by atoms with Gasteiger partial charge in [0.05, 0.1) is 23.2 Å². The van der Waals surface area contributed by atoms with Crippen molar-refractivity contribution in [2.45, 2.75) is 28.6 Å². The molecule has 9 heteroatoms. The zero-order chi connectivity index (χ0) is 20.8. The highest BCUT2D eigenvalue weighted by Crippen LogP contribution is 2.55. The Morgan fingerprint density at radius 3 is 2.52 bits per heavy atom. The SMILES string of the molecule is O=S(=O)(c1ccc(Cl)cc1)[C@@]12CCO[C@@H](CCO)C1COc1c(F)ccc(F)c12. The monoisotopic (exact) mass is 444 g/mol. The topological polar surface area (TPSA) is 72.8 Å². The molecule has 29 heavy (non-hydrogen) atoms. The fourth-order valence-corrected chi connectivity index (χ4v) is 6.93. The lowest BCUT2D eigenvalue weighted by Crippen LogP contribution is -2.57. The van der Waals surface area contributed by atoms with E-state index in [-0.39, 0.29) is 48.9 Å². The molecular weight excluding hydrogens is 426 g/mol. The van der Waals surface area contributed by atoms with Crippen LogP contribution in [0.2, 0.25) is 5.02 Å². The molecule has 156 valence electrons. The van der Waals surface area contributed by atoms with Crippen LogP contribution >= 0.6 is 11.6 Å². The molecule has 1 saturated heterocycles. The third-order valence-corrected chi connectivity index (χ3v) is 8.57. The summed E-state index contributed by atoms with van der Waals surface area (Å²) in [5.74, 6) is -2.89. The molecule has 2 aromatic carbocycles. The summed E-state index contributed by atoms with van der Waals surface area (Å²) in [6.45, 7) is -0.398. The lowest BCUT2D eigenvalue weighted by atomic mass is 9.75. The molecule has 5 nitrogen and oxygen atoms in total. The van der Waals surface area contributed by atoms with Gasteiger partial charge in [-0.25, -0.2) is 17.2 Å². The first kappa shape index (κ1) is 20.5. The Hall–Kier alpha value is -1.74. The molecule has 4 rings (SSSR count). The molecular formula is C20H19ClF2O5S. The predicted octanol–water partition coefficient (Wildman–Crippen LogP) is 3.47. The second kappa shape index (κ2) is 7.50. The summed E-state index contributed by atoms with van der Waals surface area (Å²) in [5.41, 5.74) is -0.310. The van der Waals surface area contributed by atoms with Gasteiger partial charge in [-0.3, -0.25) is 0 Å². The van der Waals surface area contributed by atoms with Gasteiger partial charge < -0.3 is 14.6 Å². The number of fused-ring (bicyclic) bond motifs is 3. The largest absolute Gasteiger partial charge is 0.490 e. The average Bonchev–Trinajstić information content (AvgIpc) is 2.71. The number of hydrogen-bond donors (Lipinski definition) is 1. The molecule has 0 spiro atoms. The average molecular weight is 445 g/mol. The molecule has 2 aliphatic rings. The first-order valence-electron chi connectivity index (χ1n) is 9.17. The zero-order valence-corrected chi connectivity index (χ0v) is 16.8.